The molecule has 0 radical (unpaired) electrons. The standard InChI is InChI=1S/C9H10O/c1-4-8(2)5-6-9(3)7-10/h4-7H,1-3H2/b6-5-. The molecule has 1 heteroatoms. The van der Waals surface area contributed by atoms with Gasteiger partial charge in [0, 0.05) is 5.57 Å². The van der Waals surface area contributed by atoms with Gasteiger partial charge in [0.1, 0.15) is 6.29 Å². The van der Waals surface area contributed by atoms with Gasteiger partial charge in [-0.05, 0) is 5.57 Å². The molecular weight excluding hydrogens is 124 g/mol. The Balaban J connectivity index is 3.98. The molecule has 0 saturated carbocycles. The van der Waals surface area contributed by atoms with Crippen molar-refractivity contribution in [2.24, 2.45) is 0 Å². The average Bonchev–Trinajstić information content (AvgIpc) is 1.99. The van der Waals surface area contributed by atoms with Gasteiger partial charge in [-0.25, -0.2) is 0 Å². The van der Waals surface area contributed by atoms with Crippen LogP contribution >= 0.6 is 0 Å². The number of carbonyl (C=O) groups is 1. The zero-order valence-electron chi connectivity index (χ0n) is 5.84. The summed E-state index contributed by atoms with van der Waals surface area (Å²) in [6.45, 7) is 10.6. The molecule has 0 aliphatic carbocycles. The Morgan fingerprint density at radius 2 is 1.60 bits per heavy atom. The van der Waals surface area contributed by atoms with E-state index in [-0.39, 0.29) is 0 Å². The van der Waals surface area contributed by atoms with Crippen molar-refractivity contribution in [3.05, 3.63) is 49.1 Å². The number of hydrogen-bond acceptors (Lipinski definition) is 1. The second kappa shape index (κ2) is 4.50. The summed E-state index contributed by atoms with van der Waals surface area (Å²) in [7, 11) is 0. The summed E-state index contributed by atoms with van der Waals surface area (Å²) < 4.78 is 0. The van der Waals surface area contributed by atoms with Crippen LogP contribution in [0.2, 0.25) is 0 Å². The van der Waals surface area contributed by atoms with E-state index in [1.54, 1.807) is 18.2 Å². The predicted molar refractivity (Wildman–Crippen MR) is 43.7 cm³/mol. The first-order valence-electron chi connectivity index (χ1n) is 2.84. The van der Waals surface area contributed by atoms with Gasteiger partial charge in [0.05, 0.1) is 0 Å². The number of rotatable bonds is 4. The van der Waals surface area contributed by atoms with Gasteiger partial charge >= 0.3 is 0 Å². The van der Waals surface area contributed by atoms with Crippen molar-refractivity contribution in [3.63, 3.8) is 0 Å². The minimum absolute atomic E-state index is 0.433. The van der Waals surface area contributed by atoms with Gasteiger partial charge in [0.15, 0.2) is 0 Å². The maximum atomic E-state index is 10.00. The monoisotopic (exact) mass is 134 g/mol. The van der Waals surface area contributed by atoms with Crippen molar-refractivity contribution in [2.75, 3.05) is 0 Å². The van der Waals surface area contributed by atoms with Gasteiger partial charge in [0.25, 0.3) is 0 Å². The fourth-order valence-corrected chi connectivity index (χ4v) is 0.321. The topological polar surface area (TPSA) is 17.1 Å². The van der Waals surface area contributed by atoms with Gasteiger partial charge in [-0.15, -0.1) is 0 Å². The Labute approximate surface area is 61.1 Å². The fraction of sp³-hybridized carbons (Fsp3) is 0. The van der Waals surface area contributed by atoms with E-state index in [1.807, 2.05) is 0 Å². The van der Waals surface area contributed by atoms with E-state index >= 15 is 0 Å². The van der Waals surface area contributed by atoms with Crippen molar-refractivity contribution >= 4 is 6.29 Å². The van der Waals surface area contributed by atoms with Crippen molar-refractivity contribution < 1.29 is 4.79 Å². The molecular formula is C9H10O. The molecule has 1 nitrogen and oxygen atoms in total. The minimum Gasteiger partial charge on any atom is -0.298 e. The molecule has 52 valence electrons. The summed E-state index contributed by atoms with van der Waals surface area (Å²) >= 11 is 0. The highest BCUT2D eigenvalue weighted by Crippen LogP contribution is 1.95. The summed E-state index contributed by atoms with van der Waals surface area (Å²) in [5.74, 6) is 0. The molecule has 0 amide bonds. The van der Waals surface area contributed by atoms with Crippen molar-refractivity contribution in [1.29, 1.82) is 0 Å². The van der Waals surface area contributed by atoms with Crippen LogP contribution in [-0.4, -0.2) is 6.29 Å². The number of aldehydes is 1. The van der Waals surface area contributed by atoms with E-state index in [1.165, 1.54) is 0 Å². The molecule has 0 saturated heterocycles. The van der Waals surface area contributed by atoms with Crippen LogP contribution in [0.1, 0.15) is 0 Å². The number of carbonyl (C=O) groups excluding carboxylic acids is 1. The molecule has 0 fully saturated rings. The van der Waals surface area contributed by atoms with Crippen LogP contribution in [0.5, 0.6) is 0 Å². The Morgan fingerprint density at radius 1 is 1.10 bits per heavy atom. The van der Waals surface area contributed by atoms with Crippen molar-refractivity contribution in [3.8, 4) is 0 Å². The van der Waals surface area contributed by atoms with Crippen LogP contribution < -0.4 is 0 Å². The average molecular weight is 134 g/mol. The lowest BCUT2D eigenvalue weighted by molar-refractivity contribution is -0.104. The Hall–Kier alpha value is -1.37. The zero-order chi connectivity index (χ0) is 7.98. The van der Waals surface area contributed by atoms with Gasteiger partial charge < -0.3 is 0 Å². The van der Waals surface area contributed by atoms with E-state index in [2.05, 4.69) is 19.7 Å². The molecule has 10 heavy (non-hydrogen) atoms. The highest BCUT2D eigenvalue weighted by Gasteiger charge is 1.80. The summed E-state index contributed by atoms with van der Waals surface area (Å²) in [5.41, 5.74) is 1.20. The summed E-state index contributed by atoms with van der Waals surface area (Å²) in [4.78, 5) is 10.00. The highest BCUT2D eigenvalue weighted by atomic mass is 16.1. The third kappa shape index (κ3) is 3.61. The van der Waals surface area contributed by atoms with Crippen LogP contribution in [-0.2, 0) is 4.79 Å². The van der Waals surface area contributed by atoms with Crippen LogP contribution in [0, 0.1) is 0 Å². The van der Waals surface area contributed by atoms with Crippen molar-refractivity contribution in [1.82, 2.24) is 0 Å². The van der Waals surface area contributed by atoms with Crippen LogP contribution in [0.25, 0.3) is 0 Å². The lowest BCUT2D eigenvalue weighted by atomic mass is 10.2. The largest absolute Gasteiger partial charge is 0.298 e. The smallest absolute Gasteiger partial charge is 0.149 e. The molecule has 0 bridgehead atoms. The van der Waals surface area contributed by atoms with Gasteiger partial charge in [0.2, 0.25) is 0 Å². The second-order valence-corrected chi connectivity index (χ2v) is 1.81. The van der Waals surface area contributed by atoms with Crippen molar-refractivity contribution in [2.45, 2.75) is 0 Å². The molecule has 0 aliphatic heterocycles. The Bertz CT molecular complexity index is 175. The molecule has 0 atom stereocenters. The zero-order valence-corrected chi connectivity index (χ0v) is 5.84. The maximum Gasteiger partial charge on any atom is 0.149 e. The summed E-state index contributed by atoms with van der Waals surface area (Å²) in [6, 6.07) is 0. The fourth-order valence-electron chi connectivity index (χ4n) is 0.321. The van der Waals surface area contributed by atoms with Gasteiger partial charge in [-0.3, -0.25) is 4.79 Å². The first-order valence-corrected chi connectivity index (χ1v) is 2.84. The predicted octanol–water partition coefficient (Wildman–Crippen LogP) is 2.04. The summed E-state index contributed by atoms with van der Waals surface area (Å²) in [5, 5.41) is 0. The second-order valence-electron chi connectivity index (χ2n) is 1.81. The minimum atomic E-state index is 0.433. The quantitative estimate of drug-likeness (QED) is 0.326. The van der Waals surface area contributed by atoms with E-state index in [0.29, 0.717) is 11.9 Å². The highest BCUT2D eigenvalue weighted by molar-refractivity contribution is 5.76. The molecule has 0 aromatic rings. The first-order chi connectivity index (χ1) is 4.70. The van der Waals surface area contributed by atoms with E-state index in [0.717, 1.165) is 5.57 Å². The van der Waals surface area contributed by atoms with Gasteiger partial charge in [-0.1, -0.05) is 38.0 Å². The van der Waals surface area contributed by atoms with Crippen LogP contribution in [0.15, 0.2) is 49.1 Å². The third-order valence-electron chi connectivity index (χ3n) is 0.925. The molecule has 0 aromatic carbocycles. The van der Waals surface area contributed by atoms with Gasteiger partial charge in [-0.2, -0.15) is 0 Å². The molecule has 0 unspecified atom stereocenters. The lowest BCUT2D eigenvalue weighted by Crippen LogP contribution is -1.73. The van der Waals surface area contributed by atoms with E-state index in [9.17, 15) is 4.79 Å². The Morgan fingerprint density at radius 3 is 2.00 bits per heavy atom. The molecule has 0 spiro atoms. The van der Waals surface area contributed by atoms with Crippen LogP contribution in [0.4, 0.5) is 0 Å². The molecule has 0 rings (SSSR count). The Kier molecular flexibility index (Phi) is 3.89. The maximum absolute atomic E-state index is 10.00. The third-order valence-corrected chi connectivity index (χ3v) is 0.925. The van der Waals surface area contributed by atoms with E-state index < -0.39 is 0 Å². The lowest BCUT2D eigenvalue weighted by Gasteiger charge is -1.85. The van der Waals surface area contributed by atoms with E-state index in [4.69, 9.17) is 0 Å². The number of hydrogen-bond donors (Lipinski definition) is 0. The summed E-state index contributed by atoms with van der Waals surface area (Å²) in [6.07, 6.45) is 5.57. The van der Waals surface area contributed by atoms with Crippen LogP contribution in [0.3, 0.4) is 0 Å². The SMILES string of the molecule is C=CC(=C)/C=C\C(=C)C=O. The normalized spacial score (nSPS) is 9.20. The molecule has 0 aromatic heterocycles. The molecule has 0 N–H and O–H groups in total. The molecule has 0 aliphatic rings. The molecule has 0 heterocycles. The first kappa shape index (κ1) is 8.63. The number of allylic oxidation sites excluding steroid dienone is 5.